The van der Waals surface area contributed by atoms with Gasteiger partial charge in [0.2, 0.25) is 11.8 Å². The molecule has 0 saturated carbocycles. The third-order valence-electron chi connectivity index (χ3n) is 4.11. The van der Waals surface area contributed by atoms with Crippen molar-refractivity contribution in [1.82, 2.24) is 14.8 Å². The zero-order valence-electron chi connectivity index (χ0n) is 12.2. The second-order valence-corrected chi connectivity index (χ2v) is 6.40. The molecule has 2 amide bonds. The fourth-order valence-electron chi connectivity index (χ4n) is 2.88. The van der Waals surface area contributed by atoms with Crippen molar-refractivity contribution in [1.29, 1.82) is 0 Å². The van der Waals surface area contributed by atoms with Crippen LogP contribution in [0.4, 0.5) is 0 Å². The Hall–Kier alpha value is -1.47. The van der Waals surface area contributed by atoms with Crippen LogP contribution in [-0.2, 0) is 14.3 Å². The molecule has 3 heterocycles. The topological polar surface area (TPSA) is 62.7 Å². The Kier molecular flexibility index (Phi) is 3.95. The quantitative estimate of drug-likeness (QED) is 0.817. The van der Waals surface area contributed by atoms with Gasteiger partial charge in [-0.3, -0.25) is 9.59 Å². The molecule has 2 aliphatic heterocycles. The number of rotatable bonds is 2. The highest BCUT2D eigenvalue weighted by molar-refractivity contribution is 7.09. The number of carbonyl (C=O) groups excluding carboxylic acids is 2. The second-order valence-electron chi connectivity index (χ2n) is 5.51. The zero-order valence-corrected chi connectivity index (χ0v) is 13.1. The molecule has 2 atom stereocenters. The highest BCUT2D eigenvalue weighted by Crippen LogP contribution is 2.29. The summed E-state index contributed by atoms with van der Waals surface area (Å²) in [4.78, 5) is 32.3. The van der Waals surface area contributed by atoms with Gasteiger partial charge in [-0.15, -0.1) is 11.3 Å². The summed E-state index contributed by atoms with van der Waals surface area (Å²) in [5, 5.41) is 2.89. The Morgan fingerprint density at radius 1 is 1.52 bits per heavy atom. The average molecular weight is 309 g/mol. The van der Waals surface area contributed by atoms with Gasteiger partial charge in [0.1, 0.15) is 17.1 Å². The van der Waals surface area contributed by atoms with Gasteiger partial charge in [0.15, 0.2) is 0 Å². The molecule has 0 aromatic carbocycles. The summed E-state index contributed by atoms with van der Waals surface area (Å²) < 4.78 is 5.53. The molecule has 2 saturated heterocycles. The molecule has 114 valence electrons. The van der Waals surface area contributed by atoms with Gasteiger partial charge in [0.05, 0.1) is 13.2 Å². The number of aromatic nitrogens is 1. The smallest absolute Gasteiger partial charge is 0.246 e. The molecule has 6 nitrogen and oxygen atoms in total. The number of amides is 2. The molecule has 0 spiro atoms. The Balaban J connectivity index is 1.81. The van der Waals surface area contributed by atoms with Crippen LogP contribution in [0.2, 0.25) is 0 Å². The van der Waals surface area contributed by atoms with E-state index in [0.717, 1.165) is 10.7 Å². The van der Waals surface area contributed by atoms with E-state index in [4.69, 9.17) is 4.74 Å². The molecular weight excluding hydrogens is 290 g/mol. The Morgan fingerprint density at radius 2 is 2.33 bits per heavy atom. The Labute approximate surface area is 127 Å². The number of thiazole rings is 1. The number of hydrogen-bond donors (Lipinski definition) is 0. The molecule has 2 aliphatic rings. The standard InChI is InChI=1S/C14H19N3O3S/c1-9-8-21-13(15-9)11-7-20-6-5-17(11)14(19)10-3-4-12(18)16(10)2/h8,10-11H,3-7H2,1-2H3. The van der Waals surface area contributed by atoms with E-state index >= 15 is 0 Å². The van der Waals surface area contributed by atoms with Gasteiger partial charge in [-0.1, -0.05) is 0 Å². The van der Waals surface area contributed by atoms with Crippen LogP contribution in [0.1, 0.15) is 29.6 Å². The van der Waals surface area contributed by atoms with Gasteiger partial charge in [0.25, 0.3) is 0 Å². The van der Waals surface area contributed by atoms with Crippen LogP contribution >= 0.6 is 11.3 Å². The van der Waals surface area contributed by atoms with Crippen molar-refractivity contribution in [2.24, 2.45) is 0 Å². The van der Waals surface area contributed by atoms with E-state index < -0.39 is 0 Å². The molecule has 2 fully saturated rings. The van der Waals surface area contributed by atoms with Crippen LogP contribution in [-0.4, -0.2) is 59.4 Å². The molecule has 21 heavy (non-hydrogen) atoms. The molecule has 0 radical (unpaired) electrons. The lowest BCUT2D eigenvalue weighted by Crippen LogP contribution is -2.50. The highest BCUT2D eigenvalue weighted by Gasteiger charge is 2.40. The first-order chi connectivity index (χ1) is 10.1. The maximum atomic E-state index is 12.8. The molecule has 0 N–H and O–H groups in total. The lowest BCUT2D eigenvalue weighted by Gasteiger charge is -2.37. The van der Waals surface area contributed by atoms with Crippen LogP contribution in [0, 0.1) is 6.92 Å². The fraction of sp³-hybridized carbons (Fsp3) is 0.643. The number of carbonyl (C=O) groups is 2. The van der Waals surface area contributed by atoms with Crippen molar-refractivity contribution in [3.63, 3.8) is 0 Å². The first-order valence-electron chi connectivity index (χ1n) is 7.14. The van der Waals surface area contributed by atoms with Crippen LogP contribution in [0.15, 0.2) is 5.38 Å². The molecular formula is C14H19N3O3S. The lowest BCUT2D eigenvalue weighted by molar-refractivity contribution is -0.147. The van der Waals surface area contributed by atoms with E-state index in [1.165, 1.54) is 0 Å². The van der Waals surface area contributed by atoms with Crippen molar-refractivity contribution in [3.8, 4) is 0 Å². The van der Waals surface area contributed by atoms with Crippen LogP contribution < -0.4 is 0 Å². The van der Waals surface area contributed by atoms with Gasteiger partial charge >= 0.3 is 0 Å². The first-order valence-corrected chi connectivity index (χ1v) is 8.02. The van der Waals surface area contributed by atoms with E-state index in [0.29, 0.717) is 32.6 Å². The van der Waals surface area contributed by atoms with Gasteiger partial charge in [-0.25, -0.2) is 4.98 Å². The summed E-state index contributed by atoms with van der Waals surface area (Å²) in [7, 11) is 1.71. The SMILES string of the molecule is Cc1csc(C2COCCN2C(=O)C2CCC(=O)N2C)n1. The summed E-state index contributed by atoms with van der Waals surface area (Å²) in [5.74, 6) is 0.0627. The molecule has 2 unspecified atom stereocenters. The monoisotopic (exact) mass is 309 g/mol. The van der Waals surface area contributed by atoms with Gasteiger partial charge in [0, 0.05) is 31.1 Å². The summed E-state index contributed by atoms with van der Waals surface area (Å²) in [6.45, 7) is 3.51. The maximum Gasteiger partial charge on any atom is 0.246 e. The second kappa shape index (κ2) is 5.73. The minimum Gasteiger partial charge on any atom is -0.377 e. The normalized spacial score (nSPS) is 26.5. The Bertz CT molecular complexity index is 559. The van der Waals surface area contributed by atoms with Crippen LogP contribution in [0.5, 0.6) is 0 Å². The average Bonchev–Trinajstić information content (AvgIpc) is 3.06. The van der Waals surface area contributed by atoms with Gasteiger partial charge in [-0.2, -0.15) is 0 Å². The van der Waals surface area contributed by atoms with E-state index in [2.05, 4.69) is 4.98 Å². The summed E-state index contributed by atoms with van der Waals surface area (Å²) in [5.41, 5.74) is 0.959. The summed E-state index contributed by atoms with van der Waals surface area (Å²) in [6, 6.07) is -0.465. The van der Waals surface area contributed by atoms with Crippen molar-refractivity contribution in [2.45, 2.75) is 31.8 Å². The summed E-state index contributed by atoms with van der Waals surface area (Å²) >= 11 is 1.56. The number of hydrogen-bond acceptors (Lipinski definition) is 5. The maximum absolute atomic E-state index is 12.8. The largest absolute Gasteiger partial charge is 0.377 e. The number of nitrogens with zero attached hydrogens (tertiary/aromatic N) is 3. The van der Waals surface area contributed by atoms with Crippen molar-refractivity contribution in [3.05, 3.63) is 16.1 Å². The molecule has 3 rings (SSSR count). The third-order valence-corrected chi connectivity index (χ3v) is 5.17. The predicted octanol–water partition coefficient (Wildman–Crippen LogP) is 0.972. The van der Waals surface area contributed by atoms with E-state index in [-0.39, 0.29) is 23.9 Å². The van der Waals surface area contributed by atoms with Crippen molar-refractivity contribution in [2.75, 3.05) is 26.8 Å². The third kappa shape index (κ3) is 2.67. The molecule has 0 aliphatic carbocycles. The Morgan fingerprint density at radius 3 is 2.95 bits per heavy atom. The number of likely N-dealkylation sites (N-methyl/N-ethyl adjacent to an activating group) is 1. The molecule has 0 bridgehead atoms. The minimum atomic E-state index is -0.334. The highest BCUT2D eigenvalue weighted by atomic mass is 32.1. The van der Waals surface area contributed by atoms with E-state index in [1.807, 2.05) is 17.2 Å². The van der Waals surface area contributed by atoms with Crippen LogP contribution in [0.25, 0.3) is 0 Å². The number of morpholine rings is 1. The van der Waals surface area contributed by atoms with E-state index in [1.54, 1.807) is 23.3 Å². The number of ether oxygens (including phenoxy) is 1. The molecule has 1 aromatic heterocycles. The molecule has 1 aromatic rings. The molecule has 7 heteroatoms. The zero-order chi connectivity index (χ0) is 15.0. The summed E-state index contributed by atoms with van der Waals surface area (Å²) in [6.07, 6.45) is 1.06. The van der Waals surface area contributed by atoms with Crippen molar-refractivity contribution >= 4 is 23.2 Å². The number of aryl methyl sites for hydroxylation is 1. The minimum absolute atomic E-state index is 0.0181. The number of likely N-dealkylation sites (tertiary alicyclic amines) is 1. The van der Waals surface area contributed by atoms with Crippen molar-refractivity contribution < 1.29 is 14.3 Å². The van der Waals surface area contributed by atoms with Crippen LogP contribution in [0.3, 0.4) is 0 Å². The first kappa shape index (κ1) is 14.5. The fourth-order valence-corrected chi connectivity index (χ4v) is 3.77. The van der Waals surface area contributed by atoms with Gasteiger partial charge < -0.3 is 14.5 Å². The van der Waals surface area contributed by atoms with E-state index in [9.17, 15) is 9.59 Å². The predicted molar refractivity (Wildman–Crippen MR) is 77.9 cm³/mol. The lowest BCUT2D eigenvalue weighted by atomic mass is 10.1. The van der Waals surface area contributed by atoms with Gasteiger partial charge in [-0.05, 0) is 13.3 Å².